The first-order valence-electron chi connectivity index (χ1n) is 4.30. The number of hydrogen-bond acceptors (Lipinski definition) is 0. The van der Waals surface area contributed by atoms with Crippen LogP contribution in [0, 0.1) is 0 Å². The Labute approximate surface area is 67.8 Å². The van der Waals surface area contributed by atoms with Gasteiger partial charge in [0.15, 0.2) is 0 Å². The lowest BCUT2D eigenvalue weighted by Crippen LogP contribution is -1.95. The van der Waals surface area contributed by atoms with Crippen molar-refractivity contribution in [1.82, 2.24) is 0 Å². The molecule has 1 heteroatoms. The Kier molecular flexibility index (Phi) is 2.86. The van der Waals surface area contributed by atoms with E-state index in [9.17, 15) is 4.39 Å². The third-order valence-corrected chi connectivity index (χ3v) is 2.12. The van der Waals surface area contributed by atoms with E-state index in [0.29, 0.717) is 6.42 Å². The van der Waals surface area contributed by atoms with Gasteiger partial charge >= 0.3 is 0 Å². The normalized spacial score (nSPS) is 18.6. The molecular weight excluding hydrogens is 139 g/mol. The fourth-order valence-electron chi connectivity index (χ4n) is 1.49. The lowest BCUT2D eigenvalue weighted by atomic mass is 9.95. The number of halogens is 1. The van der Waals surface area contributed by atoms with Crippen LogP contribution < -0.4 is 0 Å². The van der Waals surface area contributed by atoms with Crippen LogP contribution in [0.1, 0.15) is 39.5 Å². The van der Waals surface area contributed by atoms with Gasteiger partial charge in [0.05, 0.1) is 0 Å². The molecule has 0 aliphatic heterocycles. The second kappa shape index (κ2) is 3.70. The summed E-state index contributed by atoms with van der Waals surface area (Å²) in [6.07, 6.45) is 5.56. The highest BCUT2D eigenvalue weighted by atomic mass is 19.1. The summed E-state index contributed by atoms with van der Waals surface area (Å²) in [5.41, 5.74) is 2.11. The molecule has 0 bridgehead atoms. The first-order valence-corrected chi connectivity index (χ1v) is 4.30. The molecular formula is C10H15F. The van der Waals surface area contributed by atoms with Crippen molar-refractivity contribution in [3.63, 3.8) is 0 Å². The largest absolute Gasteiger partial charge is 0.212 e. The van der Waals surface area contributed by atoms with Gasteiger partial charge in [-0.15, -0.1) is 0 Å². The number of allylic oxidation sites excluding steroid dienone is 4. The van der Waals surface area contributed by atoms with E-state index in [1.54, 1.807) is 0 Å². The molecule has 0 N–H and O–H groups in total. The van der Waals surface area contributed by atoms with E-state index in [1.165, 1.54) is 0 Å². The third-order valence-electron chi connectivity index (χ3n) is 2.12. The molecule has 0 unspecified atom stereocenters. The molecule has 0 fully saturated rings. The van der Waals surface area contributed by atoms with Crippen LogP contribution in [0.2, 0.25) is 0 Å². The van der Waals surface area contributed by atoms with E-state index < -0.39 is 0 Å². The van der Waals surface area contributed by atoms with E-state index in [2.05, 4.69) is 13.0 Å². The lowest BCUT2D eigenvalue weighted by Gasteiger charge is -2.13. The molecule has 0 amide bonds. The summed E-state index contributed by atoms with van der Waals surface area (Å²) in [7, 11) is 0. The monoisotopic (exact) mass is 154 g/mol. The quantitative estimate of drug-likeness (QED) is 0.568. The van der Waals surface area contributed by atoms with Crippen molar-refractivity contribution in [2.45, 2.75) is 39.5 Å². The molecule has 1 aliphatic rings. The predicted octanol–water partition coefficient (Wildman–Crippen LogP) is 3.75. The standard InChI is InChI=1S/C10H15F/c1-3-5-9-8(2)6-4-7-10(9)11/h6H,3-5,7H2,1-2H3. The minimum atomic E-state index is 0.117. The van der Waals surface area contributed by atoms with Crippen molar-refractivity contribution < 1.29 is 4.39 Å². The molecule has 0 aromatic rings. The van der Waals surface area contributed by atoms with Crippen LogP contribution in [-0.4, -0.2) is 0 Å². The fourth-order valence-corrected chi connectivity index (χ4v) is 1.49. The molecule has 0 saturated carbocycles. The van der Waals surface area contributed by atoms with Gasteiger partial charge in [-0.3, -0.25) is 0 Å². The van der Waals surface area contributed by atoms with E-state index in [4.69, 9.17) is 0 Å². The Morgan fingerprint density at radius 2 is 2.27 bits per heavy atom. The molecule has 0 heterocycles. The highest BCUT2D eigenvalue weighted by Crippen LogP contribution is 2.28. The maximum Gasteiger partial charge on any atom is 0.104 e. The molecule has 0 nitrogen and oxygen atoms in total. The molecule has 62 valence electrons. The summed E-state index contributed by atoms with van der Waals surface area (Å²) >= 11 is 0. The van der Waals surface area contributed by atoms with Gasteiger partial charge in [0.25, 0.3) is 0 Å². The Hall–Kier alpha value is -0.590. The minimum absolute atomic E-state index is 0.117. The van der Waals surface area contributed by atoms with Gasteiger partial charge < -0.3 is 0 Å². The van der Waals surface area contributed by atoms with E-state index >= 15 is 0 Å². The zero-order valence-corrected chi connectivity index (χ0v) is 7.28. The lowest BCUT2D eigenvalue weighted by molar-refractivity contribution is 0.565. The zero-order chi connectivity index (χ0) is 8.27. The molecule has 0 spiro atoms. The smallest absolute Gasteiger partial charge is 0.104 e. The summed E-state index contributed by atoms with van der Waals surface area (Å²) < 4.78 is 13.1. The Morgan fingerprint density at radius 3 is 2.82 bits per heavy atom. The molecule has 1 rings (SSSR count). The van der Waals surface area contributed by atoms with Crippen molar-refractivity contribution in [3.8, 4) is 0 Å². The fraction of sp³-hybridized carbons (Fsp3) is 0.600. The third kappa shape index (κ3) is 1.92. The van der Waals surface area contributed by atoms with Gasteiger partial charge in [-0.05, 0) is 30.9 Å². The maximum absolute atomic E-state index is 13.1. The van der Waals surface area contributed by atoms with Crippen LogP contribution in [-0.2, 0) is 0 Å². The Bertz CT molecular complexity index is 199. The SMILES string of the molecule is CCCC1=C(F)CCC=C1C. The first-order chi connectivity index (χ1) is 5.25. The summed E-state index contributed by atoms with van der Waals surface area (Å²) in [5.74, 6) is 0.117. The predicted molar refractivity (Wildman–Crippen MR) is 46.0 cm³/mol. The summed E-state index contributed by atoms with van der Waals surface area (Å²) in [5, 5.41) is 0. The van der Waals surface area contributed by atoms with Crippen LogP contribution in [0.15, 0.2) is 23.0 Å². The molecule has 0 saturated heterocycles. The van der Waals surface area contributed by atoms with Crippen LogP contribution in [0.5, 0.6) is 0 Å². The zero-order valence-electron chi connectivity index (χ0n) is 7.28. The van der Waals surface area contributed by atoms with Gasteiger partial charge in [-0.2, -0.15) is 0 Å². The summed E-state index contributed by atoms with van der Waals surface area (Å²) in [6.45, 7) is 4.09. The molecule has 11 heavy (non-hydrogen) atoms. The molecule has 0 aromatic heterocycles. The Balaban J connectivity index is 2.76. The minimum Gasteiger partial charge on any atom is -0.212 e. The number of rotatable bonds is 2. The molecule has 0 aromatic carbocycles. The molecule has 1 aliphatic carbocycles. The first kappa shape index (κ1) is 8.51. The van der Waals surface area contributed by atoms with Crippen LogP contribution in [0.3, 0.4) is 0 Å². The van der Waals surface area contributed by atoms with Gasteiger partial charge in [-0.25, -0.2) is 4.39 Å². The van der Waals surface area contributed by atoms with Gasteiger partial charge in [0.2, 0.25) is 0 Å². The average molecular weight is 154 g/mol. The van der Waals surface area contributed by atoms with Crippen molar-refractivity contribution >= 4 is 0 Å². The van der Waals surface area contributed by atoms with Crippen molar-refractivity contribution in [2.75, 3.05) is 0 Å². The summed E-state index contributed by atoms with van der Waals surface area (Å²) in [6, 6.07) is 0. The van der Waals surface area contributed by atoms with Gasteiger partial charge in [0, 0.05) is 6.42 Å². The van der Waals surface area contributed by atoms with Gasteiger partial charge in [-0.1, -0.05) is 19.4 Å². The maximum atomic E-state index is 13.1. The van der Waals surface area contributed by atoms with E-state index in [-0.39, 0.29) is 5.83 Å². The highest BCUT2D eigenvalue weighted by molar-refractivity contribution is 5.34. The van der Waals surface area contributed by atoms with E-state index in [0.717, 1.165) is 30.4 Å². The van der Waals surface area contributed by atoms with E-state index in [1.807, 2.05) is 6.92 Å². The summed E-state index contributed by atoms with van der Waals surface area (Å²) in [4.78, 5) is 0. The Morgan fingerprint density at radius 1 is 1.55 bits per heavy atom. The molecule has 0 atom stereocenters. The van der Waals surface area contributed by atoms with Crippen LogP contribution in [0.25, 0.3) is 0 Å². The van der Waals surface area contributed by atoms with Crippen LogP contribution in [0.4, 0.5) is 4.39 Å². The average Bonchev–Trinajstić information content (AvgIpc) is 1.97. The number of hydrogen-bond donors (Lipinski definition) is 0. The van der Waals surface area contributed by atoms with Crippen molar-refractivity contribution in [1.29, 1.82) is 0 Å². The second-order valence-electron chi connectivity index (χ2n) is 3.06. The van der Waals surface area contributed by atoms with Crippen molar-refractivity contribution in [3.05, 3.63) is 23.0 Å². The molecule has 0 radical (unpaired) electrons. The van der Waals surface area contributed by atoms with Gasteiger partial charge in [0.1, 0.15) is 5.83 Å². The van der Waals surface area contributed by atoms with Crippen LogP contribution >= 0.6 is 0 Å². The second-order valence-corrected chi connectivity index (χ2v) is 3.06. The topological polar surface area (TPSA) is 0 Å². The highest BCUT2D eigenvalue weighted by Gasteiger charge is 2.11. The van der Waals surface area contributed by atoms with Crippen molar-refractivity contribution in [2.24, 2.45) is 0 Å².